The van der Waals surface area contributed by atoms with E-state index in [4.69, 9.17) is 23.2 Å². The number of benzene rings is 1. The van der Waals surface area contributed by atoms with Crippen LogP contribution in [0.4, 0.5) is 10.7 Å². The maximum Gasteiger partial charge on any atom is 0.324 e. The molecule has 2 N–H and O–H groups in total. The van der Waals surface area contributed by atoms with Gasteiger partial charge in [0.25, 0.3) is 0 Å². The molecule has 0 bridgehead atoms. The number of carbonyl (C=O) groups is 1. The van der Waals surface area contributed by atoms with Crippen LogP contribution in [0, 0.1) is 11.8 Å². The predicted molar refractivity (Wildman–Crippen MR) is 96.4 cm³/mol. The molecule has 2 amide bonds. The quantitative estimate of drug-likeness (QED) is 0.790. The van der Waals surface area contributed by atoms with E-state index in [1.54, 1.807) is 12.1 Å². The summed E-state index contributed by atoms with van der Waals surface area (Å²) in [6, 6.07) is 3.21. The predicted octanol–water partition coefficient (Wildman–Crippen LogP) is 5.02. The monoisotopic (exact) mass is 356 g/mol. The maximum atomic E-state index is 12.5. The molecule has 0 fully saturated rings. The van der Waals surface area contributed by atoms with Gasteiger partial charge in [0.05, 0.1) is 21.1 Å². The molecule has 23 heavy (non-hydrogen) atoms. The van der Waals surface area contributed by atoms with Crippen molar-refractivity contribution in [3.8, 4) is 0 Å². The van der Waals surface area contributed by atoms with Crippen molar-refractivity contribution < 1.29 is 4.79 Å². The SMILES string of the molecule is CC(C)CN(CC(C)C)C(=O)Nc1nc2cc(Cl)c(Cl)cc2[nH]1. The molecule has 0 atom stereocenters. The third-order valence-electron chi connectivity index (χ3n) is 3.21. The first-order chi connectivity index (χ1) is 10.8. The Morgan fingerprint density at radius 2 is 1.74 bits per heavy atom. The molecule has 0 saturated heterocycles. The smallest absolute Gasteiger partial charge is 0.324 e. The fourth-order valence-electron chi connectivity index (χ4n) is 2.37. The number of rotatable bonds is 5. The Kier molecular flexibility index (Phi) is 5.76. The molecule has 5 nitrogen and oxygen atoms in total. The van der Waals surface area contributed by atoms with Crippen molar-refractivity contribution in [3.05, 3.63) is 22.2 Å². The van der Waals surface area contributed by atoms with E-state index in [-0.39, 0.29) is 6.03 Å². The van der Waals surface area contributed by atoms with Gasteiger partial charge >= 0.3 is 6.03 Å². The van der Waals surface area contributed by atoms with Crippen LogP contribution < -0.4 is 5.32 Å². The first-order valence-corrected chi connectivity index (χ1v) is 8.42. The first kappa shape index (κ1) is 17.9. The van der Waals surface area contributed by atoms with Crippen LogP contribution in [0.1, 0.15) is 27.7 Å². The fraction of sp³-hybridized carbons (Fsp3) is 0.500. The van der Waals surface area contributed by atoms with Crippen molar-refractivity contribution in [1.29, 1.82) is 0 Å². The minimum absolute atomic E-state index is 0.163. The number of hydrogen-bond acceptors (Lipinski definition) is 2. The van der Waals surface area contributed by atoms with Gasteiger partial charge in [-0.15, -0.1) is 0 Å². The Morgan fingerprint density at radius 1 is 1.17 bits per heavy atom. The summed E-state index contributed by atoms with van der Waals surface area (Å²) >= 11 is 12.0. The minimum Gasteiger partial charge on any atom is -0.324 e. The van der Waals surface area contributed by atoms with Crippen molar-refractivity contribution in [2.24, 2.45) is 11.8 Å². The van der Waals surface area contributed by atoms with Crippen molar-refractivity contribution in [3.63, 3.8) is 0 Å². The molecular formula is C16H22Cl2N4O. The van der Waals surface area contributed by atoms with E-state index >= 15 is 0 Å². The van der Waals surface area contributed by atoms with Gasteiger partial charge in [-0.05, 0) is 24.0 Å². The molecule has 2 aromatic rings. The van der Waals surface area contributed by atoms with Crippen LogP contribution in [-0.4, -0.2) is 34.0 Å². The molecular weight excluding hydrogens is 335 g/mol. The highest BCUT2D eigenvalue weighted by molar-refractivity contribution is 6.42. The average molecular weight is 357 g/mol. The number of halogens is 2. The molecule has 0 aliphatic heterocycles. The lowest BCUT2D eigenvalue weighted by Crippen LogP contribution is -2.40. The molecule has 2 rings (SSSR count). The van der Waals surface area contributed by atoms with Crippen molar-refractivity contribution in [2.75, 3.05) is 18.4 Å². The second-order valence-corrected chi connectivity index (χ2v) is 7.31. The highest BCUT2D eigenvalue weighted by Gasteiger charge is 2.18. The van der Waals surface area contributed by atoms with E-state index in [1.807, 2.05) is 4.90 Å². The zero-order chi connectivity index (χ0) is 17.1. The summed E-state index contributed by atoms with van der Waals surface area (Å²) in [7, 11) is 0. The Morgan fingerprint density at radius 3 is 2.30 bits per heavy atom. The lowest BCUT2D eigenvalue weighted by Gasteiger charge is -2.26. The molecule has 0 unspecified atom stereocenters. The summed E-state index contributed by atoms with van der Waals surface area (Å²) in [5, 5.41) is 3.70. The Balaban J connectivity index is 2.17. The van der Waals surface area contributed by atoms with Gasteiger partial charge in [-0.2, -0.15) is 0 Å². The van der Waals surface area contributed by atoms with Crippen molar-refractivity contribution in [2.45, 2.75) is 27.7 Å². The number of anilines is 1. The lowest BCUT2D eigenvalue weighted by atomic mass is 10.1. The lowest BCUT2D eigenvalue weighted by molar-refractivity contribution is 0.196. The zero-order valence-corrected chi connectivity index (χ0v) is 15.3. The number of fused-ring (bicyclic) bond motifs is 1. The number of aromatic nitrogens is 2. The number of nitrogens with one attached hydrogen (secondary N) is 2. The number of hydrogen-bond donors (Lipinski definition) is 2. The molecule has 1 heterocycles. The summed E-state index contributed by atoms with van der Waals surface area (Å²) in [6.07, 6.45) is 0. The molecule has 0 saturated carbocycles. The minimum atomic E-state index is -0.163. The van der Waals surface area contributed by atoms with E-state index in [9.17, 15) is 4.79 Å². The van der Waals surface area contributed by atoms with Crippen LogP contribution in [0.15, 0.2) is 12.1 Å². The van der Waals surface area contributed by atoms with Crippen LogP contribution in [0.2, 0.25) is 10.0 Å². The number of aromatic amines is 1. The number of carbonyl (C=O) groups excluding carboxylic acids is 1. The Labute approximate surface area is 146 Å². The maximum absolute atomic E-state index is 12.5. The molecule has 7 heteroatoms. The van der Waals surface area contributed by atoms with Crippen LogP contribution in [0.3, 0.4) is 0 Å². The van der Waals surface area contributed by atoms with E-state index in [0.29, 0.717) is 46.4 Å². The van der Waals surface area contributed by atoms with Crippen molar-refractivity contribution >= 4 is 46.2 Å². The van der Waals surface area contributed by atoms with Gasteiger partial charge in [0.2, 0.25) is 5.95 Å². The third-order valence-corrected chi connectivity index (χ3v) is 3.93. The van der Waals surface area contributed by atoms with Crippen molar-refractivity contribution in [1.82, 2.24) is 14.9 Å². The van der Waals surface area contributed by atoms with Gasteiger partial charge in [0.15, 0.2) is 0 Å². The summed E-state index contributed by atoms with van der Waals surface area (Å²) < 4.78 is 0. The molecule has 0 aliphatic carbocycles. The average Bonchev–Trinajstić information content (AvgIpc) is 2.78. The van der Waals surface area contributed by atoms with Crippen LogP contribution in [-0.2, 0) is 0 Å². The van der Waals surface area contributed by atoms with Gasteiger partial charge in [-0.25, -0.2) is 9.78 Å². The second kappa shape index (κ2) is 7.41. The van der Waals surface area contributed by atoms with Gasteiger partial charge in [0.1, 0.15) is 0 Å². The summed E-state index contributed by atoms with van der Waals surface area (Å²) in [5.41, 5.74) is 1.39. The number of amides is 2. The number of H-pyrrole nitrogens is 1. The molecule has 126 valence electrons. The molecule has 1 aromatic heterocycles. The molecule has 1 aromatic carbocycles. The number of imidazole rings is 1. The highest BCUT2D eigenvalue weighted by Crippen LogP contribution is 2.27. The molecule has 0 radical (unpaired) electrons. The highest BCUT2D eigenvalue weighted by atomic mass is 35.5. The van der Waals surface area contributed by atoms with E-state index in [1.165, 1.54) is 0 Å². The summed E-state index contributed by atoms with van der Waals surface area (Å²) in [4.78, 5) is 21.7. The summed E-state index contributed by atoms with van der Waals surface area (Å²) in [5.74, 6) is 1.18. The van der Waals surface area contributed by atoms with Crippen LogP contribution >= 0.6 is 23.2 Å². The van der Waals surface area contributed by atoms with E-state index in [0.717, 1.165) is 5.52 Å². The third kappa shape index (κ3) is 4.75. The number of nitrogens with zero attached hydrogens (tertiary/aromatic N) is 2. The first-order valence-electron chi connectivity index (χ1n) is 7.67. The van der Waals surface area contributed by atoms with Crippen LogP contribution in [0.25, 0.3) is 11.0 Å². The van der Waals surface area contributed by atoms with Gasteiger partial charge in [-0.1, -0.05) is 50.9 Å². The largest absolute Gasteiger partial charge is 0.324 e. The second-order valence-electron chi connectivity index (χ2n) is 6.49. The Hall–Kier alpha value is -1.46. The van der Waals surface area contributed by atoms with Crippen LogP contribution in [0.5, 0.6) is 0 Å². The fourth-order valence-corrected chi connectivity index (χ4v) is 2.69. The molecule has 0 aliphatic rings. The zero-order valence-electron chi connectivity index (χ0n) is 13.8. The van der Waals surface area contributed by atoms with E-state index in [2.05, 4.69) is 43.0 Å². The topological polar surface area (TPSA) is 61.0 Å². The van der Waals surface area contributed by atoms with Gasteiger partial charge in [-0.3, -0.25) is 5.32 Å². The summed E-state index contributed by atoms with van der Waals surface area (Å²) in [6.45, 7) is 9.75. The number of urea groups is 1. The standard InChI is InChI=1S/C16H22Cl2N4O/c1-9(2)7-22(8-10(3)4)16(23)21-15-19-13-5-11(17)12(18)6-14(13)20-15/h5-6,9-10H,7-8H2,1-4H3,(H2,19,20,21,23). The van der Waals surface area contributed by atoms with Gasteiger partial charge < -0.3 is 9.88 Å². The van der Waals surface area contributed by atoms with E-state index < -0.39 is 0 Å². The normalized spacial score (nSPS) is 11.5. The molecule has 0 spiro atoms. The van der Waals surface area contributed by atoms with Gasteiger partial charge in [0, 0.05) is 13.1 Å². The Bertz CT molecular complexity index is 648.